The van der Waals surface area contributed by atoms with Crippen LogP contribution < -0.4 is 4.31 Å². The molecule has 0 atom stereocenters. The fraction of sp³-hybridized carbons (Fsp3) is 0.235. The van der Waals surface area contributed by atoms with Crippen LogP contribution in [-0.2, 0) is 6.42 Å². The first-order chi connectivity index (χ1) is 9.72. The summed E-state index contributed by atoms with van der Waals surface area (Å²) in [6.45, 7) is 2.18. The van der Waals surface area contributed by atoms with Gasteiger partial charge in [-0.3, -0.25) is 9.10 Å². The second-order valence-electron chi connectivity index (χ2n) is 4.75. The maximum atomic E-state index is 12.3. The summed E-state index contributed by atoms with van der Waals surface area (Å²) in [5, 5.41) is 0. The predicted octanol–water partition coefficient (Wildman–Crippen LogP) is 4.52. The van der Waals surface area contributed by atoms with Crippen molar-refractivity contribution in [1.82, 2.24) is 0 Å². The van der Waals surface area contributed by atoms with Crippen LogP contribution in [0.4, 0.5) is 5.69 Å². The summed E-state index contributed by atoms with van der Waals surface area (Å²) in [5.41, 5.74) is 2.73. The quantitative estimate of drug-likeness (QED) is 0.801. The summed E-state index contributed by atoms with van der Waals surface area (Å²) in [7, 11) is 0. The predicted molar refractivity (Wildman–Crippen MR) is 87.3 cm³/mol. The van der Waals surface area contributed by atoms with Gasteiger partial charge in [0.1, 0.15) is 0 Å². The normalized spacial score (nSPS) is 10.3. The lowest BCUT2D eigenvalue weighted by molar-refractivity contribution is 0.101. The molecule has 20 heavy (non-hydrogen) atoms. The molecule has 3 heteroatoms. The van der Waals surface area contributed by atoms with Crippen molar-refractivity contribution in [2.45, 2.75) is 26.2 Å². The summed E-state index contributed by atoms with van der Waals surface area (Å²) in [5.74, 6) is -0.116. The summed E-state index contributed by atoms with van der Waals surface area (Å²) in [4.78, 5) is 12.3. The van der Waals surface area contributed by atoms with Crippen LogP contribution in [0, 0.1) is 0 Å². The first kappa shape index (κ1) is 14.7. The standard InChI is InChI=1S/C17H19NOS/c1-2-3-7-14-10-12-16(13-11-14)18(20)17(19)15-8-5-4-6-9-15/h4-6,8-13,20H,2-3,7H2,1H3. The molecule has 2 nitrogen and oxygen atoms in total. The van der Waals surface area contributed by atoms with Crippen LogP contribution in [0.25, 0.3) is 0 Å². The maximum absolute atomic E-state index is 12.3. The molecular formula is C17H19NOS. The molecule has 0 N–H and O–H groups in total. The molecule has 2 aromatic rings. The van der Waals surface area contributed by atoms with Gasteiger partial charge in [0.25, 0.3) is 5.91 Å². The van der Waals surface area contributed by atoms with E-state index in [0.717, 1.165) is 12.1 Å². The lowest BCUT2D eigenvalue weighted by Crippen LogP contribution is -2.20. The minimum Gasteiger partial charge on any atom is -0.268 e. The summed E-state index contributed by atoms with van der Waals surface area (Å²) in [6, 6.07) is 17.2. The van der Waals surface area contributed by atoms with Crippen LogP contribution in [0.2, 0.25) is 0 Å². The second-order valence-corrected chi connectivity index (χ2v) is 5.15. The van der Waals surface area contributed by atoms with Crippen LogP contribution in [0.3, 0.4) is 0 Å². The van der Waals surface area contributed by atoms with Crippen molar-refractivity contribution < 1.29 is 4.79 Å². The highest BCUT2D eigenvalue weighted by atomic mass is 32.1. The molecule has 0 spiro atoms. The van der Waals surface area contributed by atoms with E-state index in [4.69, 9.17) is 0 Å². The van der Waals surface area contributed by atoms with E-state index >= 15 is 0 Å². The lowest BCUT2D eigenvalue weighted by atomic mass is 10.1. The van der Waals surface area contributed by atoms with E-state index in [1.807, 2.05) is 30.3 Å². The SMILES string of the molecule is CCCCc1ccc(N(S)C(=O)c2ccccc2)cc1. The highest BCUT2D eigenvalue weighted by Gasteiger charge is 2.13. The molecule has 1 amide bonds. The van der Waals surface area contributed by atoms with Crippen LogP contribution in [-0.4, -0.2) is 5.91 Å². The second kappa shape index (κ2) is 7.15. The van der Waals surface area contributed by atoms with Crippen LogP contribution in [0.1, 0.15) is 35.7 Å². The fourth-order valence-corrected chi connectivity index (χ4v) is 2.25. The van der Waals surface area contributed by atoms with Gasteiger partial charge in [0.05, 0.1) is 5.69 Å². The molecule has 0 radical (unpaired) electrons. The topological polar surface area (TPSA) is 20.3 Å². The summed E-state index contributed by atoms with van der Waals surface area (Å²) >= 11 is 4.31. The molecule has 2 aromatic carbocycles. The number of carbonyl (C=O) groups is 1. The third-order valence-corrected chi connectivity index (χ3v) is 3.63. The number of hydrogen-bond acceptors (Lipinski definition) is 2. The largest absolute Gasteiger partial charge is 0.268 e. The van der Waals surface area contributed by atoms with Crippen molar-refractivity contribution >= 4 is 24.4 Å². The van der Waals surface area contributed by atoms with Gasteiger partial charge in [0.2, 0.25) is 0 Å². The monoisotopic (exact) mass is 285 g/mol. The van der Waals surface area contributed by atoms with Crippen molar-refractivity contribution in [2.24, 2.45) is 0 Å². The van der Waals surface area contributed by atoms with Crippen molar-refractivity contribution in [2.75, 3.05) is 4.31 Å². The zero-order valence-corrected chi connectivity index (χ0v) is 12.5. The Morgan fingerprint density at radius 1 is 1.05 bits per heavy atom. The number of anilines is 1. The summed E-state index contributed by atoms with van der Waals surface area (Å²) < 4.78 is 1.39. The number of carbonyl (C=O) groups excluding carboxylic acids is 1. The Bertz CT molecular complexity index is 551. The maximum Gasteiger partial charge on any atom is 0.268 e. The van der Waals surface area contributed by atoms with Gasteiger partial charge in [0, 0.05) is 5.56 Å². The van der Waals surface area contributed by atoms with Gasteiger partial charge < -0.3 is 0 Å². The number of unbranched alkanes of at least 4 members (excludes halogenated alkanes) is 1. The fourth-order valence-electron chi connectivity index (χ4n) is 2.00. The van der Waals surface area contributed by atoms with Gasteiger partial charge in [-0.1, -0.05) is 56.5 Å². The molecule has 2 rings (SSSR count). The Balaban J connectivity index is 2.09. The van der Waals surface area contributed by atoms with E-state index < -0.39 is 0 Å². The van der Waals surface area contributed by atoms with Crippen molar-refractivity contribution in [1.29, 1.82) is 0 Å². The van der Waals surface area contributed by atoms with Crippen molar-refractivity contribution in [3.8, 4) is 0 Å². The molecule has 0 aromatic heterocycles. The molecule has 0 unspecified atom stereocenters. The number of benzene rings is 2. The molecule has 0 saturated heterocycles. The van der Waals surface area contributed by atoms with E-state index in [-0.39, 0.29) is 5.91 Å². The zero-order valence-electron chi connectivity index (χ0n) is 11.6. The lowest BCUT2D eigenvalue weighted by Gasteiger charge is -2.16. The van der Waals surface area contributed by atoms with Crippen molar-refractivity contribution in [3.63, 3.8) is 0 Å². The number of hydrogen-bond donors (Lipinski definition) is 1. The van der Waals surface area contributed by atoms with Gasteiger partial charge >= 0.3 is 0 Å². The van der Waals surface area contributed by atoms with Gasteiger partial charge in [-0.2, -0.15) is 0 Å². The highest BCUT2D eigenvalue weighted by molar-refractivity contribution is 7.82. The number of aryl methyl sites for hydroxylation is 1. The Morgan fingerprint density at radius 2 is 1.70 bits per heavy atom. The molecular weight excluding hydrogens is 266 g/mol. The Hall–Kier alpha value is -1.74. The first-order valence-corrected chi connectivity index (χ1v) is 7.29. The zero-order chi connectivity index (χ0) is 14.4. The first-order valence-electron chi connectivity index (χ1n) is 6.89. The molecule has 0 aliphatic carbocycles. The van der Waals surface area contributed by atoms with Gasteiger partial charge in [-0.15, -0.1) is 0 Å². The molecule has 0 aliphatic rings. The van der Waals surface area contributed by atoms with Crippen LogP contribution in [0.5, 0.6) is 0 Å². The molecule has 0 bridgehead atoms. The number of amides is 1. The van der Waals surface area contributed by atoms with E-state index in [1.165, 1.54) is 22.7 Å². The van der Waals surface area contributed by atoms with Crippen LogP contribution >= 0.6 is 12.8 Å². The molecule has 104 valence electrons. The molecule has 0 aliphatic heterocycles. The van der Waals surface area contributed by atoms with E-state index in [9.17, 15) is 4.79 Å². The average molecular weight is 285 g/mol. The van der Waals surface area contributed by atoms with Crippen molar-refractivity contribution in [3.05, 3.63) is 65.7 Å². The van der Waals surface area contributed by atoms with Crippen LogP contribution in [0.15, 0.2) is 54.6 Å². The number of thiol groups is 1. The van der Waals surface area contributed by atoms with E-state index in [1.54, 1.807) is 12.1 Å². The Morgan fingerprint density at radius 3 is 2.30 bits per heavy atom. The summed E-state index contributed by atoms with van der Waals surface area (Å²) in [6.07, 6.45) is 3.45. The van der Waals surface area contributed by atoms with Gasteiger partial charge in [-0.25, -0.2) is 0 Å². The minimum absolute atomic E-state index is 0.116. The minimum atomic E-state index is -0.116. The number of nitrogens with zero attached hydrogens (tertiary/aromatic N) is 1. The average Bonchev–Trinajstić information content (AvgIpc) is 2.53. The van der Waals surface area contributed by atoms with Gasteiger partial charge in [0.15, 0.2) is 0 Å². The molecule has 0 heterocycles. The molecule has 0 saturated carbocycles. The number of rotatable bonds is 5. The Kier molecular flexibility index (Phi) is 5.24. The highest BCUT2D eigenvalue weighted by Crippen LogP contribution is 2.20. The van der Waals surface area contributed by atoms with E-state index in [2.05, 4.69) is 31.9 Å². The van der Waals surface area contributed by atoms with Gasteiger partial charge in [-0.05, 0) is 42.7 Å². The molecule has 0 fully saturated rings. The third kappa shape index (κ3) is 3.64. The van der Waals surface area contributed by atoms with E-state index in [0.29, 0.717) is 5.56 Å². The Labute approximate surface area is 126 Å². The smallest absolute Gasteiger partial charge is 0.268 e. The third-order valence-electron chi connectivity index (χ3n) is 3.21.